The van der Waals surface area contributed by atoms with Gasteiger partial charge in [0.15, 0.2) is 0 Å². The van der Waals surface area contributed by atoms with Crippen LogP contribution in [0.4, 0.5) is 5.69 Å². The molecule has 0 saturated heterocycles. The molecule has 0 bridgehead atoms. The molecule has 26 heavy (non-hydrogen) atoms. The molecule has 3 rings (SSSR count). The summed E-state index contributed by atoms with van der Waals surface area (Å²) in [4.78, 5) is 35.4. The number of esters is 1. The number of non-ortho nitro benzene ring substituents is 1. The Kier molecular flexibility index (Phi) is 4.36. The minimum absolute atomic E-state index is 0.0104. The number of nitro benzene ring substituents is 1. The van der Waals surface area contributed by atoms with Gasteiger partial charge in [-0.15, -0.1) is 0 Å². The second-order valence-electron chi connectivity index (χ2n) is 5.30. The molecule has 9 heteroatoms. The molecule has 0 spiro atoms. The number of rotatable bonds is 4. The van der Waals surface area contributed by atoms with Crippen LogP contribution in [0, 0.1) is 20.2 Å². The fourth-order valence-corrected chi connectivity index (χ4v) is 2.61. The van der Waals surface area contributed by atoms with E-state index in [4.69, 9.17) is 4.74 Å². The molecule has 0 atom stereocenters. The fraction of sp³-hybridized carbons (Fsp3) is 0.118. The Hall–Kier alpha value is -3.75. The van der Waals surface area contributed by atoms with Gasteiger partial charge in [0.2, 0.25) is 5.69 Å². The summed E-state index contributed by atoms with van der Waals surface area (Å²) in [7, 11) is 0. The van der Waals surface area contributed by atoms with Crippen LogP contribution in [0.25, 0.3) is 22.3 Å². The van der Waals surface area contributed by atoms with Gasteiger partial charge in [-0.25, -0.2) is 4.79 Å². The highest BCUT2D eigenvalue weighted by Gasteiger charge is 2.29. The number of carbonyl (C=O) groups excluding carboxylic acids is 1. The third-order valence-electron chi connectivity index (χ3n) is 3.77. The van der Waals surface area contributed by atoms with Gasteiger partial charge in [0.1, 0.15) is 5.52 Å². The normalized spacial score (nSPS) is 10.7. The van der Waals surface area contributed by atoms with Crippen molar-refractivity contribution in [3.63, 3.8) is 0 Å². The summed E-state index contributed by atoms with van der Waals surface area (Å²) < 4.78 is 5.72. The van der Waals surface area contributed by atoms with E-state index in [-0.39, 0.29) is 34.6 Å². The van der Waals surface area contributed by atoms with E-state index in [2.05, 4.69) is 0 Å². The van der Waals surface area contributed by atoms with E-state index in [1.165, 1.54) is 36.4 Å². The Bertz CT molecular complexity index is 1070. The number of nitro groups is 1. The van der Waals surface area contributed by atoms with Crippen molar-refractivity contribution >= 4 is 22.7 Å². The number of hydrogen-bond acceptors (Lipinski definition) is 6. The van der Waals surface area contributed by atoms with Crippen molar-refractivity contribution in [2.24, 2.45) is 0 Å². The van der Waals surface area contributed by atoms with Crippen molar-refractivity contribution in [3.05, 3.63) is 74.5 Å². The summed E-state index contributed by atoms with van der Waals surface area (Å²) in [6.07, 6.45) is 0. The summed E-state index contributed by atoms with van der Waals surface area (Å²) in [6, 6.07) is 11.0. The maximum absolute atomic E-state index is 12.9. The summed E-state index contributed by atoms with van der Waals surface area (Å²) in [5, 5.41) is 23.5. The Morgan fingerprint density at radius 2 is 1.85 bits per heavy atom. The Morgan fingerprint density at radius 1 is 1.19 bits per heavy atom. The van der Waals surface area contributed by atoms with Crippen LogP contribution in [0.15, 0.2) is 48.5 Å². The third-order valence-corrected chi connectivity index (χ3v) is 3.77. The largest absolute Gasteiger partial charge is 0.805 e. The van der Waals surface area contributed by atoms with Gasteiger partial charge in [0.25, 0.3) is 11.2 Å². The van der Waals surface area contributed by atoms with Crippen LogP contribution < -0.4 is 4.43 Å². The second kappa shape index (κ2) is 6.63. The molecule has 0 saturated carbocycles. The van der Waals surface area contributed by atoms with Crippen molar-refractivity contribution in [1.82, 2.24) is 4.73 Å². The summed E-state index contributed by atoms with van der Waals surface area (Å²) in [6.45, 7) is 1.59. The molecule has 1 aromatic heterocycles. The first-order valence-corrected chi connectivity index (χ1v) is 7.65. The van der Waals surface area contributed by atoms with E-state index in [1.54, 1.807) is 19.1 Å². The van der Waals surface area contributed by atoms with Crippen molar-refractivity contribution in [1.29, 1.82) is 0 Å². The van der Waals surface area contributed by atoms with E-state index in [0.29, 0.717) is 9.16 Å². The van der Waals surface area contributed by atoms with Gasteiger partial charge in [-0.2, -0.15) is 0 Å². The molecule has 1 heterocycles. The number of hydrogen-bond donors (Lipinski definition) is 0. The van der Waals surface area contributed by atoms with E-state index < -0.39 is 16.6 Å². The number of nitrogens with zero attached hydrogens (tertiary/aromatic N) is 3. The highest BCUT2D eigenvalue weighted by molar-refractivity contribution is 5.96. The average Bonchev–Trinajstić information content (AvgIpc) is 2.64. The number of carbonyl (C=O) groups is 1. The van der Waals surface area contributed by atoms with Crippen LogP contribution in [-0.2, 0) is 4.74 Å². The lowest BCUT2D eigenvalue weighted by Gasteiger charge is -2.17. The molecular weight excluding hydrogens is 342 g/mol. The second-order valence-corrected chi connectivity index (χ2v) is 5.30. The van der Waals surface area contributed by atoms with Gasteiger partial charge < -0.3 is 14.7 Å². The van der Waals surface area contributed by atoms with E-state index in [1.807, 2.05) is 0 Å². The van der Waals surface area contributed by atoms with Crippen LogP contribution in [0.5, 0.6) is 0 Å². The molecule has 132 valence electrons. The lowest BCUT2D eigenvalue weighted by molar-refractivity contribution is -0.452. The van der Waals surface area contributed by atoms with Crippen LogP contribution in [0.2, 0.25) is 0 Å². The monoisotopic (exact) mass is 355 g/mol. The fourth-order valence-electron chi connectivity index (χ4n) is 2.61. The molecule has 0 aliphatic rings. The van der Waals surface area contributed by atoms with E-state index in [9.17, 15) is 25.0 Å². The predicted molar refractivity (Wildman–Crippen MR) is 92.1 cm³/mol. The lowest BCUT2D eigenvalue weighted by Crippen LogP contribution is -2.28. The predicted octanol–water partition coefficient (Wildman–Crippen LogP) is 2.65. The zero-order valence-electron chi connectivity index (χ0n) is 13.6. The van der Waals surface area contributed by atoms with Crippen molar-refractivity contribution in [3.8, 4) is 11.3 Å². The first-order valence-electron chi connectivity index (χ1n) is 7.65. The molecule has 3 aromatic rings. The number of para-hydroxylation sites is 2. The summed E-state index contributed by atoms with van der Waals surface area (Å²) >= 11 is 0. The van der Waals surface area contributed by atoms with Crippen LogP contribution in [-0.4, -0.2) is 22.2 Å². The Balaban J connectivity index is 2.37. The van der Waals surface area contributed by atoms with Crippen LogP contribution >= 0.6 is 0 Å². The number of aromatic nitrogens is 2. The van der Waals surface area contributed by atoms with E-state index >= 15 is 0 Å². The molecular formula is C17H13N3O6. The Labute approximate surface area is 146 Å². The van der Waals surface area contributed by atoms with Crippen molar-refractivity contribution < 1.29 is 18.9 Å². The third kappa shape index (κ3) is 2.75. The van der Waals surface area contributed by atoms with Gasteiger partial charge in [0.05, 0.1) is 21.5 Å². The summed E-state index contributed by atoms with van der Waals surface area (Å²) in [5.74, 6) is -0.953. The molecule has 0 unspecified atom stereocenters. The molecule has 9 nitrogen and oxygen atoms in total. The molecule has 0 fully saturated rings. The highest BCUT2D eigenvalue weighted by Crippen LogP contribution is 2.25. The van der Waals surface area contributed by atoms with Crippen LogP contribution in [0.3, 0.4) is 0 Å². The quantitative estimate of drug-likeness (QED) is 0.307. The lowest BCUT2D eigenvalue weighted by atomic mass is 10.1. The molecule has 0 aliphatic carbocycles. The average molecular weight is 355 g/mol. The molecule has 2 aromatic carbocycles. The van der Waals surface area contributed by atoms with Gasteiger partial charge in [-0.1, -0.05) is 12.1 Å². The first kappa shape index (κ1) is 17.1. The minimum atomic E-state index is -0.953. The highest BCUT2D eigenvalue weighted by atomic mass is 16.6. The topological polar surface area (TPSA) is 120 Å². The standard InChI is InChI=1S/C17H13N3O6/c1-2-26-17(21)16-15(11-7-9-12(10-8-11)20(24)25)18(22)13-5-3-4-6-14(13)19(16)23/h3-10H,2H2,1H3. The zero-order valence-corrected chi connectivity index (χ0v) is 13.6. The first-order chi connectivity index (χ1) is 12.5. The number of fused-ring (bicyclic) bond motifs is 1. The van der Waals surface area contributed by atoms with Gasteiger partial charge in [-0.3, -0.25) is 10.1 Å². The molecule has 0 N–H and O–H groups in total. The van der Waals surface area contributed by atoms with Gasteiger partial charge in [-0.05, 0) is 25.1 Å². The maximum Gasteiger partial charge on any atom is 0.361 e. The smallest absolute Gasteiger partial charge is 0.361 e. The Morgan fingerprint density at radius 3 is 2.46 bits per heavy atom. The SMILES string of the molecule is CCOC(=O)c1c(-c2ccc([N+](=O)[O-])cc2)[n+](=O)c2ccccc2n1[O-]. The molecule has 0 aliphatic heterocycles. The maximum atomic E-state index is 12.9. The zero-order chi connectivity index (χ0) is 18.8. The molecule has 0 radical (unpaired) electrons. The minimum Gasteiger partial charge on any atom is -0.805 e. The molecule has 0 amide bonds. The van der Waals surface area contributed by atoms with Crippen molar-refractivity contribution in [2.45, 2.75) is 6.92 Å². The summed E-state index contributed by atoms with van der Waals surface area (Å²) in [5.41, 5.74) is -0.634. The van der Waals surface area contributed by atoms with Gasteiger partial charge in [0, 0.05) is 23.1 Å². The van der Waals surface area contributed by atoms with E-state index in [0.717, 1.165) is 0 Å². The van der Waals surface area contributed by atoms with Crippen molar-refractivity contribution in [2.75, 3.05) is 6.61 Å². The van der Waals surface area contributed by atoms with Crippen LogP contribution in [0.1, 0.15) is 17.4 Å². The number of ether oxygens (including phenoxy) is 1. The van der Waals surface area contributed by atoms with Gasteiger partial charge >= 0.3 is 11.7 Å². The number of benzene rings is 2.